The molecule has 6 aromatic carbocycles. The number of benzene rings is 6. The molecule has 14 nitrogen and oxygen atoms in total. The van der Waals surface area contributed by atoms with Gasteiger partial charge in [0.15, 0.2) is 5.75 Å². The first-order chi connectivity index (χ1) is 23.8. The van der Waals surface area contributed by atoms with Gasteiger partial charge in [-0.25, -0.2) is 16.8 Å². The van der Waals surface area contributed by atoms with Crippen molar-refractivity contribution in [1.29, 1.82) is 0 Å². The lowest BCUT2D eigenvalue weighted by atomic mass is 10.0. The van der Waals surface area contributed by atoms with Gasteiger partial charge < -0.3 is 29.4 Å². The summed E-state index contributed by atoms with van der Waals surface area (Å²) in [5.74, 6) is 0.235. The van der Waals surface area contributed by atoms with E-state index in [4.69, 9.17) is 15.2 Å². The molecule has 0 radical (unpaired) electrons. The Morgan fingerprint density at radius 1 is 0.560 bits per heavy atom. The first-order valence-corrected chi connectivity index (χ1v) is 17.3. The molecule has 50 heavy (non-hydrogen) atoms. The Morgan fingerprint density at radius 2 is 0.960 bits per heavy atom. The lowest BCUT2D eigenvalue weighted by Crippen LogP contribution is -2.01. The van der Waals surface area contributed by atoms with Gasteiger partial charge >= 0.3 is 0 Å². The zero-order valence-electron chi connectivity index (χ0n) is 26.1. The molecule has 3 N–H and O–H groups in total. The van der Waals surface area contributed by atoms with Crippen LogP contribution in [0.15, 0.2) is 127 Å². The molecule has 0 aromatic heterocycles. The number of fused-ring (bicyclic) bond motifs is 2. The van der Waals surface area contributed by atoms with Gasteiger partial charge in [0.2, 0.25) is 0 Å². The third-order valence-corrected chi connectivity index (χ3v) is 9.50. The molecule has 0 aliphatic heterocycles. The van der Waals surface area contributed by atoms with Crippen molar-refractivity contribution in [3.8, 4) is 28.4 Å². The van der Waals surface area contributed by atoms with E-state index in [1.54, 1.807) is 66.7 Å². The molecule has 0 bridgehead atoms. The molecular weight excluding hydrogens is 687 g/mol. The van der Waals surface area contributed by atoms with Crippen LogP contribution in [0.25, 0.3) is 32.7 Å². The highest BCUT2D eigenvalue weighted by Crippen LogP contribution is 2.42. The molecule has 0 saturated carbocycles. The van der Waals surface area contributed by atoms with Gasteiger partial charge in [0.25, 0.3) is 0 Å². The Labute approximate surface area is 285 Å². The number of nitrogen functional groups attached to an aromatic ring is 1. The summed E-state index contributed by atoms with van der Waals surface area (Å²) in [5, 5.41) is 28.0. The van der Waals surface area contributed by atoms with Gasteiger partial charge in [0, 0.05) is 21.5 Å². The molecule has 0 saturated heterocycles. The highest BCUT2D eigenvalue weighted by molar-refractivity contribution is 7.86. The van der Waals surface area contributed by atoms with Crippen LogP contribution < -0.4 is 15.2 Å². The van der Waals surface area contributed by atoms with Gasteiger partial charge in [-0.2, -0.15) is 0 Å². The minimum Gasteiger partial charge on any atom is -0.744 e. The van der Waals surface area contributed by atoms with Crippen molar-refractivity contribution in [2.75, 3.05) is 20.0 Å². The normalized spacial score (nSPS) is 12.3. The van der Waals surface area contributed by atoms with Crippen molar-refractivity contribution in [3.63, 3.8) is 0 Å². The SMILES string of the molecule is COc1cc(-c2ccc(N=Nc3cc(S(=O)(=O)[O-])c4ccccc4c3O)c(OC)c2)ccc1N=Nc1cc(S(=O)(=O)[O-])c2ccccc2c1N. The van der Waals surface area contributed by atoms with Crippen molar-refractivity contribution in [3.05, 3.63) is 97.1 Å². The molecule has 0 atom stereocenters. The largest absolute Gasteiger partial charge is 0.744 e. The van der Waals surface area contributed by atoms with E-state index in [-0.39, 0.29) is 56.1 Å². The van der Waals surface area contributed by atoms with Crippen LogP contribution >= 0.6 is 0 Å². The van der Waals surface area contributed by atoms with E-state index in [1.165, 1.54) is 32.4 Å². The highest BCUT2D eigenvalue weighted by atomic mass is 32.2. The Hall–Kier alpha value is -5.94. The second-order valence-corrected chi connectivity index (χ2v) is 13.4. The number of anilines is 1. The Morgan fingerprint density at radius 3 is 1.44 bits per heavy atom. The van der Waals surface area contributed by atoms with Crippen LogP contribution in [0.4, 0.5) is 28.4 Å². The van der Waals surface area contributed by atoms with Gasteiger partial charge in [-0.3, -0.25) is 0 Å². The number of hydrogen-bond acceptors (Lipinski definition) is 14. The molecule has 0 aliphatic rings. The van der Waals surface area contributed by atoms with Crippen molar-refractivity contribution in [2.24, 2.45) is 20.5 Å². The average molecular weight is 712 g/mol. The minimum atomic E-state index is -4.89. The Balaban J connectivity index is 1.32. The predicted molar refractivity (Wildman–Crippen MR) is 183 cm³/mol. The maximum absolute atomic E-state index is 12.0. The lowest BCUT2D eigenvalue weighted by Gasteiger charge is -2.14. The van der Waals surface area contributed by atoms with Gasteiger partial charge in [-0.15, -0.1) is 20.5 Å². The van der Waals surface area contributed by atoms with E-state index in [1.807, 2.05) is 0 Å². The number of azo groups is 2. The fourth-order valence-corrected chi connectivity index (χ4v) is 6.74. The monoisotopic (exact) mass is 711 g/mol. The number of ether oxygens (including phenoxy) is 2. The summed E-state index contributed by atoms with van der Waals surface area (Å²) >= 11 is 0. The highest BCUT2D eigenvalue weighted by Gasteiger charge is 2.17. The quantitative estimate of drug-likeness (QED) is 0.0847. The number of rotatable bonds is 9. The van der Waals surface area contributed by atoms with Gasteiger partial charge in [0.1, 0.15) is 54.5 Å². The van der Waals surface area contributed by atoms with Crippen molar-refractivity contribution < 1.29 is 40.5 Å². The van der Waals surface area contributed by atoms with Crippen LogP contribution in [0.2, 0.25) is 0 Å². The number of phenolic OH excluding ortho intramolecular Hbond substituents is 1. The Bertz CT molecular complexity index is 2430. The number of hydrogen-bond donors (Lipinski definition) is 2. The Kier molecular flexibility index (Phi) is 8.94. The molecule has 0 amide bonds. The van der Waals surface area contributed by atoms with E-state index >= 15 is 0 Å². The fourth-order valence-electron chi connectivity index (χ4n) is 5.33. The summed E-state index contributed by atoms with van der Waals surface area (Å²) < 4.78 is 82.8. The maximum Gasteiger partial charge on any atom is 0.150 e. The summed E-state index contributed by atoms with van der Waals surface area (Å²) in [6.07, 6.45) is 0. The molecule has 254 valence electrons. The molecule has 0 spiro atoms. The minimum absolute atomic E-state index is 0.0124. The van der Waals surface area contributed by atoms with Crippen LogP contribution in [-0.2, 0) is 20.2 Å². The molecule has 0 fully saturated rings. The lowest BCUT2D eigenvalue weighted by molar-refractivity contribution is 0.415. The van der Waals surface area contributed by atoms with Gasteiger partial charge in [-0.1, -0.05) is 60.7 Å². The number of phenols is 1. The van der Waals surface area contributed by atoms with Crippen LogP contribution in [-0.4, -0.2) is 45.3 Å². The van der Waals surface area contributed by atoms with Crippen LogP contribution in [0.3, 0.4) is 0 Å². The molecule has 0 unspecified atom stereocenters. The number of aromatic hydroxyl groups is 1. The zero-order chi connectivity index (χ0) is 35.8. The van der Waals surface area contributed by atoms with Gasteiger partial charge in [0.05, 0.1) is 29.7 Å². The maximum atomic E-state index is 12.0. The van der Waals surface area contributed by atoms with E-state index in [0.29, 0.717) is 22.3 Å². The molecule has 6 rings (SSSR count). The summed E-state index contributed by atoms with van der Waals surface area (Å²) in [7, 11) is -6.89. The summed E-state index contributed by atoms with van der Waals surface area (Å²) in [6, 6.07) is 24.4. The standard InChI is InChI=1S/C34H27N5O9S2/c1-47-29-15-19(11-13-25(29)36-38-27-17-31(49(41,42)43)21-7-3-5-9-23(21)33(27)35)20-12-14-26(30(16-20)48-2)37-39-28-18-32(50(44,45)46)22-8-4-6-10-24(22)34(28)40/h3-18,40H,35H2,1-2H3,(H,41,42,43)(H,44,45,46)/p-2. The van der Waals surface area contributed by atoms with E-state index in [9.17, 15) is 31.0 Å². The molecular formula is C34H25N5O9S2-2. The van der Waals surface area contributed by atoms with Crippen LogP contribution in [0, 0.1) is 0 Å². The average Bonchev–Trinajstić information content (AvgIpc) is 3.10. The first-order valence-electron chi connectivity index (χ1n) is 14.5. The summed E-state index contributed by atoms with van der Waals surface area (Å²) in [6.45, 7) is 0. The second-order valence-electron chi connectivity index (χ2n) is 10.7. The summed E-state index contributed by atoms with van der Waals surface area (Å²) in [5.41, 5.74) is 8.01. The number of methoxy groups -OCH3 is 2. The predicted octanol–water partition coefficient (Wildman–Crippen LogP) is 7.60. The van der Waals surface area contributed by atoms with Crippen molar-refractivity contribution in [2.45, 2.75) is 9.79 Å². The molecule has 0 aliphatic carbocycles. The molecule has 0 heterocycles. The third-order valence-electron chi connectivity index (χ3n) is 7.75. The second kappa shape index (κ2) is 13.2. The molecule has 16 heteroatoms. The summed E-state index contributed by atoms with van der Waals surface area (Å²) in [4.78, 5) is -1.01. The van der Waals surface area contributed by atoms with Crippen LogP contribution in [0.5, 0.6) is 17.2 Å². The fraction of sp³-hybridized carbons (Fsp3) is 0.0588. The zero-order valence-corrected chi connectivity index (χ0v) is 27.8. The third kappa shape index (κ3) is 6.55. The van der Waals surface area contributed by atoms with E-state index < -0.39 is 30.0 Å². The molecule has 6 aromatic rings. The van der Waals surface area contributed by atoms with Crippen molar-refractivity contribution in [1.82, 2.24) is 0 Å². The smallest absolute Gasteiger partial charge is 0.150 e. The van der Waals surface area contributed by atoms with E-state index in [0.717, 1.165) is 12.1 Å². The van der Waals surface area contributed by atoms with Gasteiger partial charge in [-0.05, 0) is 47.5 Å². The van der Waals surface area contributed by atoms with Crippen molar-refractivity contribution >= 4 is 70.2 Å². The van der Waals surface area contributed by atoms with E-state index in [2.05, 4.69) is 20.5 Å². The topological polar surface area (TPSA) is 229 Å². The number of nitrogens with zero attached hydrogens (tertiary/aromatic N) is 4. The van der Waals surface area contributed by atoms with Crippen LogP contribution in [0.1, 0.15) is 0 Å². The number of nitrogens with two attached hydrogens (primary N) is 1. The first kappa shape index (κ1) is 33.9.